The maximum Gasteiger partial charge on any atom is 0.341 e. The third-order valence-corrected chi connectivity index (χ3v) is 4.85. The quantitative estimate of drug-likeness (QED) is 0.817. The van der Waals surface area contributed by atoms with Gasteiger partial charge in [-0.25, -0.2) is 23.6 Å². The Kier molecular flexibility index (Phi) is 5.25. The first-order chi connectivity index (χ1) is 14.4. The molecule has 11 heteroatoms. The van der Waals surface area contributed by atoms with Crippen LogP contribution in [0.2, 0.25) is 0 Å². The van der Waals surface area contributed by atoms with E-state index in [0.717, 1.165) is 6.07 Å². The number of hydrogen-bond acceptors (Lipinski definition) is 6. The molecule has 2 aliphatic heterocycles. The molecule has 0 unspecified atom stereocenters. The number of primary amides is 1. The summed E-state index contributed by atoms with van der Waals surface area (Å²) in [6.45, 7) is 0.679. The molecule has 0 aliphatic carbocycles. The van der Waals surface area contributed by atoms with Gasteiger partial charge in [-0.2, -0.15) is 10.1 Å². The van der Waals surface area contributed by atoms with Gasteiger partial charge in [0.2, 0.25) is 11.7 Å². The van der Waals surface area contributed by atoms with Crippen molar-refractivity contribution in [3.63, 3.8) is 0 Å². The molecule has 0 bridgehead atoms. The largest absolute Gasteiger partial charge is 0.472 e. The summed E-state index contributed by atoms with van der Waals surface area (Å²) >= 11 is 0. The summed E-state index contributed by atoms with van der Waals surface area (Å²) in [6.07, 6.45) is 3.46. The predicted octanol–water partition coefficient (Wildman–Crippen LogP) is 1.86. The van der Waals surface area contributed by atoms with Gasteiger partial charge >= 0.3 is 6.03 Å². The van der Waals surface area contributed by atoms with E-state index in [2.05, 4.69) is 15.1 Å². The van der Waals surface area contributed by atoms with E-state index in [1.54, 1.807) is 11.1 Å². The minimum absolute atomic E-state index is 0.157. The SMILES string of the molecule is NC(=O)c1nccc(O[C@@H]2CCN(C(=O)N3N=CC[C@H]3c3cc(F)cc(F)c3)C2)n1. The second-order valence-corrected chi connectivity index (χ2v) is 6.94. The molecule has 1 aromatic heterocycles. The molecule has 3 heterocycles. The van der Waals surface area contributed by atoms with Gasteiger partial charge < -0.3 is 15.4 Å². The Morgan fingerprint density at radius 2 is 1.97 bits per heavy atom. The first kappa shape index (κ1) is 19.7. The highest BCUT2D eigenvalue weighted by Gasteiger charge is 2.36. The fraction of sp³-hybridized carbons (Fsp3) is 0.316. The van der Waals surface area contributed by atoms with Crippen LogP contribution in [0.5, 0.6) is 5.88 Å². The van der Waals surface area contributed by atoms with E-state index < -0.39 is 23.6 Å². The molecule has 2 N–H and O–H groups in total. The highest BCUT2D eigenvalue weighted by atomic mass is 19.1. The van der Waals surface area contributed by atoms with Gasteiger partial charge in [-0.3, -0.25) is 4.79 Å². The molecule has 1 saturated heterocycles. The van der Waals surface area contributed by atoms with Crippen LogP contribution in [0.4, 0.5) is 13.6 Å². The number of hydrogen-bond donors (Lipinski definition) is 1. The molecule has 9 nitrogen and oxygen atoms in total. The third kappa shape index (κ3) is 4.04. The van der Waals surface area contributed by atoms with Crippen molar-refractivity contribution in [2.24, 2.45) is 10.8 Å². The fourth-order valence-electron chi connectivity index (χ4n) is 3.48. The molecule has 1 aromatic carbocycles. The second kappa shape index (κ2) is 8.01. The molecule has 3 amide bonds. The lowest BCUT2D eigenvalue weighted by Gasteiger charge is -2.27. The highest BCUT2D eigenvalue weighted by molar-refractivity contribution is 5.88. The first-order valence-electron chi connectivity index (χ1n) is 9.27. The van der Waals surface area contributed by atoms with Crippen LogP contribution in [0.3, 0.4) is 0 Å². The van der Waals surface area contributed by atoms with Gasteiger partial charge in [-0.1, -0.05) is 0 Å². The van der Waals surface area contributed by atoms with Crippen LogP contribution in [0.1, 0.15) is 35.1 Å². The normalized spacial score (nSPS) is 20.6. The van der Waals surface area contributed by atoms with Crippen molar-refractivity contribution in [1.29, 1.82) is 0 Å². The smallest absolute Gasteiger partial charge is 0.341 e. The van der Waals surface area contributed by atoms with Gasteiger partial charge in [-0.15, -0.1) is 0 Å². The molecule has 156 valence electrons. The van der Waals surface area contributed by atoms with Gasteiger partial charge in [0.25, 0.3) is 5.91 Å². The number of nitrogens with two attached hydrogens (primary N) is 1. The molecule has 1 fully saturated rings. The van der Waals surface area contributed by atoms with Crippen LogP contribution in [0, 0.1) is 11.6 Å². The van der Waals surface area contributed by atoms with E-state index in [-0.39, 0.29) is 30.4 Å². The number of hydrazone groups is 1. The van der Waals surface area contributed by atoms with Gasteiger partial charge in [0, 0.05) is 43.9 Å². The van der Waals surface area contributed by atoms with Crippen LogP contribution in [0.15, 0.2) is 35.6 Å². The third-order valence-electron chi connectivity index (χ3n) is 4.85. The zero-order valence-corrected chi connectivity index (χ0v) is 15.7. The van der Waals surface area contributed by atoms with E-state index in [0.29, 0.717) is 24.9 Å². The number of ether oxygens (including phenoxy) is 1. The summed E-state index contributed by atoms with van der Waals surface area (Å²) in [5.74, 6) is -2.16. The maximum atomic E-state index is 13.6. The van der Waals surface area contributed by atoms with E-state index in [4.69, 9.17) is 10.5 Å². The Bertz CT molecular complexity index is 997. The van der Waals surface area contributed by atoms with Gasteiger partial charge in [0.05, 0.1) is 12.6 Å². The van der Waals surface area contributed by atoms with Crippen LogP contribution in [-0.4, -0.2) is 57.2 Å². The Morgan fingerprint density at radius 1 is 1.20 bits per heavy atom. The zero-order chi connectivity index (χ0) is 21.3. The molecule has 0 saturated carbocycles. The van der Waals surface area contributed by atoms with Crippen LogP contribution in [-0.2, 0) is 0 Å². The molecule has 2 aliphatic rings. The summed E-state index contributed by atoms with van der Waals surface area (Å²) < 4.78 is 32.9. The number of amides is 3. The van der Waals surface area contributed by atoms with Crippen molar-refractivity contribution in [3.8, 4) is 5.88 Å². The average Bonchev–Trinajstić information content (AvgIpc) is 3.36. The molecule has 0 spiro atoms. The molecule has 30 heavy (non-hydrogen) atoms. The van der Waals surface area contributed by atoms with Crippen molar-refractivity contribution < 1.29 is 23.1 Å². The Hall–Kier alpha value is -3.63. The maximum absolute atomic E-state index is 13.6. The number of benzene rings is 1. The highest BCUT2D eigenvalue weighted by Crippen LogP contribution is 2.31. The van der Waals surface area contributed by atoms with E-state index in [9.17, 15) is 18.4 Å². The molecular weight excluding hydrogens is 398 g/mol. The number of urea groups is 1. The van der Waals surface area contributed by atoms with Gasteiger partial charge in [-0.05, 0) is 17.7 Å². The lowest BCUT2D eigenvalue weighted by atomic mass is 10.0. The van der Waals surface area contributed by atoms with Crippen molar-refractivity contribution in [2.75, 3.05) is 13.1 Å². The Labute approximate surface area is 170 Å². The Morgan fingerprint density at radius 3 is 2.70 bits per heavy atom. The lowest BCUT2D eigenvalue weighted by Crippen LogP contribution is -2.40. The number of nitrogens with zero attached hydrogens (tertiary/aromatic N) is 5. The predicted molar refractivity (Wildman–Crippen MR) is 101 cm³/mol. The van der Waals surface area contributed by atoms with Crippen LogP contribution in [0.25, 0.3) is 0 Å². The topological polar surface area (TPSA) is 114 Å². The fourth-order valence-corrected chi connectivity index (χ4v) is 3.48. The van der Waals surface area contributed by atoms with Crippen LogP contribution >= 0.6 is 0 Å². The lowest BCUT2D eigenvalue weighted by molar-refractivity contribution is 0.0987. The monoisotopic (exact) mass is 416 g/mol. The number of halogens is 2. The molecule has 2 atom stereocenters. The zero-order valence-electron chi connectivity index (χ0n) is 15.7. The van der Waals surface area contributed by atoms with Gasteiger partial charge in [0.15, 0.2) is 0 Å². The van der Waals surface area contributed by atoms with E-state index in [1.807, 2.05) is 0 Å². The standard InChI is InChI=1S/C19H18F2N6O3/c20-12-7-11(8-13(21)9-12)15-1-5-24-27(15)19(29)26-6-3-14(10-26)30-16-2-4-23-18(25-16)17(22)28/h2,4-5,7-9,14-15H,1,3,6,10H2,(H2,22,28)/t14-,15+/m1/s1. The number of rotatable bonds is 4. The Balaban J connectivity index is 1.42. The summed E-state index contributed by atoms with van der Waals surface area (Å²) in [7, 11) is 0. The average molecular weight is 416 g/mol. The van der Waals surface area contributed by atoms with Crippen molar-refractivity contribution in [3.05, 3.63) is 53.5 Å². The molecular formula is C19H18F2N6O3. The van der Waals surface area contributed by atoms with Crippen molar-refractivity contribution in [2.45, 2.75) is 25.0 Å². The minimum atomic E-state index is -0.768. The number of aromatic nitrogens is 2. The molecule has 0 radical (unpaired) electrons. The summed E-state index contributed by atoms with van der Waals surface area (Å²) in [6, 6.07) is 3.71. The second-order valence-electron chi connectivity index (χ2n) is 6.94. The number of likely N-dealkylation sites (tertiary alicyclic amines) is 1. The van der Waals surface area contributed by atoms with Crippen molar-refractivity contribution >= 4 is 18.2 Å². The van der Waals surface area contributed by atoms with E-state index >= 15 is 0 Å². The number of carbonyl (C=O) groups is 2. The van der Waals surface area contributed by atoms with Crippen LogP contribution < -0.4 is 10.5 Å². The first-order valence-corrected chi connectivity index (χ1v) is 9.27. The summed E-state index contributed by atoms with van der Waals surface area (Å²) in [4.78, 5) is 33.4. The summed E-state index contributed by atoms with van der Waals surface area (Å²) in [5.41, 5.74) is 5.50. The van der Waals surface area contributed by atoms with Crippen molar-refractivity contribution in [1.82, 2.24) is 19.9 Å². The minimum Gasteiger partial charge on any atom is -0.472 e. The van der Waals surface area contributed by atoms with Gasteiger partial charge in [0.1, 0.15) is 17.7 Å². The molecule has 4 rings (SSSR count). The molecule has 2 aromatic rings. The summed E-state index contributed by atoms with van der Waals surface area (Å²) in [5, 5.41) is 5.33. The number of carbonyl (C=O) groups excluding carboxylic acids is 2. The van der Waals surface area contributed by atoms with E-state index in [1.165, 1.54) is 29.4 Å².